The summed E-state index contributed by atoms with van der Waals surface area (Å²) >= 11 is 0. The molecule has 2 rings (SSSR count). The van der Waals surface area contributed by atoms with Crippen molar-refractivity contribution in [1.82, 2.24) is 0 Å². The molecular weight excluding hydrogens is 322 g/mol. The quantitative estimate of drug-likeness (QED) is 0.845. The summed E-state index contributed by atoms with van der Waals surface area (Å²) in [5, 5.41) is 0. The third kappa shape index (κ3) is 4.20. The molecule has 0 amide bonds. The first-order valence-electron chi connectivity index (χ1n) is 5.95. The number of halogens is 4. The summed E-state index contributed by atoms with van der Waals surface area (Å²) in [5.74, 6) is 0. The van der Waals surface area contributed by atoms with Gasteiger partial charge >= 0.3 is 6.18 Å². The fraction of sp³-hybridized carbons (Fsp3) is 0.143. The normalized spacial score (nSPS) is 11.6. The van der Waals surface area contributed by atoms with Gasteiger partial charge in [0, 0.05) is 5.69 Å². The maximum atomic E-state index is 12.6. The summed E-state index contributed by atoms with van der Waals surface area (Å²) in [6.45, 7) is 1.80. The number of hydrogen-bond donors (Lipinski definition) is 1. The second-order valence-electron chi connectivity index (χ2n) is 4.50. The maximum Gasteiger partial charge on any atom is 0.416 e. The summed E-state index contributed by atoms with van der Waals surface area (Å²) in [7, 11) is -3.91. The first-order valence-corrected chi connectivity index (χ1v) is 7.43. The molecule has 120 valence electrons. The highest BCUT2D eigenvalue weighted by Crippen LogP contribution is 2.31. The highest BCUT2D eigenvalue weighted by molar-refractivity contribution is 7.92. The lowest BCUT2D eigenvalue weighted by molar-refractivity contribution is -0.137. The molecule has 2 aromatic rings. The summed E-state index contributed by atoms with van der Waals surface area (Å²) in [5.41, 5.74) is -0.162. The number of nitrogens with one attached hydrogen (secondary N) is 1. The number of benzene rings is 2. The third-order valence-corrected chi connectivity index (χ3v) is 4.17. The molecule has 0 atom stereocenters. The Morgan fingerprint density at radius 3 is 2.14 bits per heavy atom. The molecule has 3 nitrogen and oxygen atoms in total. The van der Waals surface area contributed by atoms with E-state index in [-0.39, 0.29) is 15.3 Å². The summed E-state index contributed by atoms with van der Waals surface area (Å²) in [4.78, 5) is -0.00879. The van der Waals surface area contributed by atoms with E-state index < -0.39 is 21.8 Å². The van der Waals surface area contributed by atoms with Crippen molar-refractivity contribution in [2.75, 3.05) is 4.72 Å². The average molecular weight is 334 g/mol. The minimum absolute atomic E-state index is 0. The van der Waals surface area contributed by atoms with Crippen molar-refractivity contribution in [1.29, 1.82) is 0 Å². The zero-order valence-corrected chi connectivity index (χ0v) is 12.2. The number of aryl methyl sites for hydroxylation is 1. The van der Waals surface area contributed by atoms with Gasteiger partial charge < -0.3 is 4.70 Å². The van der Waals surface area contributed by atoms with E-state index in [0.29, 0.717) is 0 Å². The van der Waals surface area contributed by atoms with Crippen molar-refractivity contribution in [3.05, 3.63) is 59.7 Å². The van der Waals surface area contributed by atoms with Gasteiger partial charge in [-0.15, -0.1) is 0 Å². The van der Waals surface area contributed by atoms with E-state index in [4.69, 9.17) is 0 Å². The maximum absolute atomic E-state index is 12.6. The predicted molar refractivity (Wildman–Crippen MR) is 73.4 cm³/mol. The van der Waals surface area contributed by atoms with Gasteiger partial charge in [0.05, 0.1) is 10.5 Å². The molecule has 8 heteroatoms. The molecule has 0 aromatic heterocycles. The van der Waals surface area contributed by atoms with Gasteiger partial charge in [0.15, 0.2) is 0 Å². The van der Waals surface area contributed by atoms with Crippen LogP contribution in [0.5, 0.6) is 0 Å². The Morgan fingerprint density at radius 2 is 1.59 bits per heavy atom. The van der Waals surface area contributed by atoms with E-state index in [2.05, 4.69) is 4.72 Å². The number of rotatable bonds is 3. The van der Waals surface area contributed by atoms with Gasteiger partial charge in [0.2, 0.25) is 0 Å². The molecule has 0 aliphatic carbocycles. The fourth-order valence-corrected chi connectivity index (χ4v) is 2.74. The smallest absolute Gasteiger partial charge is 0.416 e. The van der Waals surface area contributed by atoms with Gasteiger partial charge in [-0.25, -0.2) is 8.42 Å². The van der Waals surface area contributed by atoms with Gasteiger partial charge in [-0.2, -0.15) is 13.2 Å². The molecule has 0 saturated heterocycles. The highest BCUT2D eigenvalue weighted by atomic mass is 32.2. The van der Waals surface area contributed by atoms with Crippen molar-refractivity contribution in [3.8, 4) is 0 Å². The molecular formula is C14H12F4NO2S-. The van der Waals surface area contributed by atoms with Gasteiger partial charge in [-0.05, 0) is 37.3 Å². The molecule has 0 unspecified atom stereocenters. The first-order chi connectivity index (χ1) is 9.68. The molecule has 0 fully saturated rings. The molecule has 0 heterocycles. The van der Waals surface area contributed by atoms with Crippen molar-refractivity contribution in [3.63, 3.8) is 0 Å². The lowest BCUT2D eigenvalue weighted by atomic mass is 10.2. The topological polar surface area (TPSA) is 46.2 Å². The van der Waals surface area contributed by atoms with E-state index in [0.717, 1.165) is 23.8 Å². The summed E-state index contributed by atoms with van der Waals surface area (Å²) in [6.07, 6.45) is -4.52. The molecule has 0 radical (unpaired) electrons. The Hall–Kier alpha value is -2.09. The molecule has 0 aliphatic heterocycles. The van der Waals surface area contributed by atoms with E-state index in [1.165, 1.54) is 18.2 Å². The second kappa shape index (κ2) is 6.35. The van der Waals surface area contributed by atoms with E-state index in [1.54, 1.807) is 19.1 Å². The Bertz CT molecular complexity index is 740. The van der Waals surface area contributed by atoms with Crippen LogP contribution in [0.25, 0.3) is 0 Å². The molecule has 0 saturated carbocycles. The van der Waals surface area contributed by atoms with Crippen LogP contribution >= 0.6 is 0 Å². The third-order valence-electron chi connectivity index (χ3n) is 2.77. The van der Waals surface area contributed by atoms with E-state index in [9.17, 15) is 21.6 Å². The van der Waals surface area contributed by atoms with Crippen molar-refractivity contribution in [2.24, 2.45) is 0 Å². The first kappa shape index (κ1) is 18.0. The van der Waals surface area contributed by atoms with Crippen LogP contribution in [0.3, 0.4) is 0 Å². The Labute approximate surface area is 125 Å². The number of hydrogen-bond acceptors (Lipinski definition) is 2. The van der Waals surface area contributed by atoms with Crippen LogP contribution < -0.4 is 9.43 Å². The SMILES string of the molecule is Cc1ccc(S(=O)(=O)Nc2cccc(C(F)(F)F)c2)cc1.[F-]. The van der Waals surface area contributed by atoms with Crippen molar-refractivity contribution in [2.45, 2.75) is 18.0 Å². The zero-order valence-electron chi connectivity index (χ0n) is 11.4. The number of sulfonamides is 1. The van der Waals surface area contributed by atoms with Crippen LogP contribution in [-0.2, 0) is 16.2 Å². The molecule has 0 bridgehead atoms. The second-order valence-corrected chi connectivity index (χ2v) is 6.18. The highest BCUT2D eigenvalue weighted by Gasteiger charge is 2.30. The lowest BCUT2D eigenvalue weighted by Gasteiger charge is -2.11. The van der Waals surface area contributed by atoms with Crippen molar-refractivity contribution < 1.29 is 26.3 Å². The van der Waals surface area contributed by atoms with Crippen LogP contribution in [0.4, 0.5) is 18.9 Å². The summed E-state index contributed by atoms with van der Waals surface area (Å²) < 4.78 is 64.1. The standard InChI is InChI=1S/C14H12F3NO2S.FH/c1-10-5-7-13(8-6-10)21(19,20)18-12-4-2-3-11(9-12)14(15,16)17;/h2-9,18H,1H3;1H/p-1. The number of anilines is 1. The molecule has 0 aliphatic rings. The summed E-state index contributed by atoms with van der Waals surface area (Å²) in [6, 6.07) is 10.1. The van der Waals surface area contributed by atoms with Gasteiger partial charge in [0.25, 0.3) is 10.0 Å². The predicted octanol–water partition coefficient (Wildman–Crippen LogP) is 0.819. The van der Waals surface area contributed by atoms with Crippen LogP contribution in [0.2, 0.25) is 0 Å². The minimum atomic E-state index is -4.52. The zero-order chi connectivity index (χ0) is 15.7. The van der Waals surface area contributed by atoms with Crippen LogP contribution in [0, 0.1) is 6.92 Å². The van der Waals surface area contributed by atoms with Crippen LogP contribution in [0.15, 0.2) is 53.4 Å². The average Bonchev–Trinajstić information content (AvgIpc) is 2.38. The van der Waals surface area contributed by atoms with E-state index in [1.807, 2.05) is 0 Å². The van der Waals surface area contributed by atoms with Gasteiger partial charge in [-0.3, -0.25) is 4.72 Å². The van der Waals surface area contributed by atoms with Crippen LogP contribution in [0.1, 0.15) is 11.1 Å². The lowest BCUT2D eigenvalue weighted by Crippen LogP contribution is -3.00. The van der Waals surface area contributed by atoms with Gasteiger partial charge in [0.1, 0.15) is 0 Å². The minimum Gasteiger partial charge on any atom is -1.00 e. The van der Waals surface area contributed by atoms with Crippen LogP contribution in [-0.4, -0.2) is 8.42 Å². The largest absolute Gasteiger partial charge is 1.00 e. The van der Waals surface area contributed by atoms with Gasteiger partial charge in [-0.1, -0.05) is 23.8 Å². The molecule has 0 spiro atoms. The monoisotopic (exact) mass is 334 g/mol. The molecule has 22 heavy (non-hydrogen) atoms. The fourth-order valence-electron chi connectivity index (χ4n) is 1.69. The Balaban J connectivity index is 0.00000242. The molecule has 1 N–H and O–H groups in total. The molecule has 2 aromatic carbocycles. The number of alkyl halides is 3. The Morgan fingerprint density at radius 1 is 1.00 bits per heavy atom. The van der Waals surface area contributed by atoms with E-state index >= 15 is 0 Å². The van der Waals surface area contributed by atoms with Crippen molar-refractivity contribution >= 4 is 15.7 Å². The Kier molecular flexibility index (Phi) is 5.18.